The van der Waals surface area contributed by atoms with Crippen LogP contribution in [0, 0.1) is 0 Å². The fourth-order valence-corrected chi connectivity index (χ4v) is 4.63. The number of rotatable bonds is 4. The first-order chi connectivity index (χ1) is 10.2. The molecule has 0 bridgehead atoms. The van der Waals surface area contributed by atoms with Crippen LogP contribution in [-0.4, -0.2) is 46.9 Å². The molecule has 1 aromatic rings. The summed E-state index contributed by atoms with van der Waals surface area (Å²) < 4.78 is 66.3. The first-order valence-corrected chi connectivity index (χ1v) is 9.58. The Morgan fingerprint density at radius 1 is 1.09 bits per heavy atom. The van der Waals surface area contributed by atoms with Gasteiger partial charge in [-0.3, -0.25) is 0 Å². The summed E-state index contributed by atoms with van der Waals surface area (Å²) in [6, 6.07) is 3.92. The maximum absolute atomic E-state index is 12.9. The fourth-order valence-electron chi connectivity index (χ4n) is 2.48. The van der Waals surface area contributed by atoms with Crippen molar-refractivity contribution in [2.75, 3.05) is 13.7 Å². The van der Waals surface area contributed by atoms with E-state index in [-0.39, 0.29) is 23.6 Å². The average Bonchev–Trinajstić information content (AvgIpc) is 2.47. The van der Waals surface area contributed by atoms with Gasteiger partial charge < -0.3 is 4.74 Å². The van der Waals surface area contributed by atoms with Crippen LogP contribution in [0.2, 0.25) is 0 Å². The maximum atomic E-state index is 12.9. The van der Waals surface area contributed by atoms with Gasteiger partial charge in [0.05, 0.1) is 15.9 Å². The van der Waals surface area contributed by atoms with Crippen LogP contribution in [0.3, 0.4) is 0 Å². The molecular formula is C13H18FNO5S2. The highest BCUT2D eigenvalue weighted by atomic mass is 32.3. The lowest BCUT2D eigenvalue weighted by atomic mass is 10.0. The summed E-state index contributed by atoms with van der Waals surface area (Å²) in [5.74, 6) is 0. The number of methoxy groups -OCH3 is 1. The third kappa shape index (κ3) is 3.48. The zero-order valence-electron chi connectivity index (χ0n) is 12.3. The largest absolute Gasteiger partial charge is 0.380 e. The number of sulfonamides is 1. The number of piperidine rings is 1. The van der Waals surface area contributed by atoms with Crippen molar-refractivity contribution in [2.45, 2.75) is 41.7 Å². The first-order valence-electron chi connectivity index (χ1n) is 6.75. The van der Waals surface area contributed by atoms with Gasteiger partial charge in [0, 0.05) is 19.7 Å². The van der Waals surface area contributed by atoms with Gasteiger partial charge in [-0.25, -0.2) is 8.42 Å². The van der Waals surface area contributed by atoms with Crippen LogP contribution >= 0.6 is 0 Å². The predicted molar refractivity (Wildman–Crippen MR) is 78.1 cm³/mol. The van der Waals surface area contributed by atoms with Crippen LogP contribution < -0.4 is 0 Å². The molecule has 0 N–H and O–H groups in total. The molecule has 0 aromatic heterocycles. The van der Waals surface area contributed by atoms with Gasteiger partial charge in [0.15, 0.2) is 0 Å². The van der Waals surface area contributed by atoms with Crippen LogP contribution in [0.5, 0.6) is 0 Å². The number of hydrogen-bond acceptors (Lipinski definition) is 5. The van der Waals surface area contributed by atoms with E-state index in [0.29, 0.717) is 6.42 Å². The minimum absolute atomic E-state index is 0.0662. The lowest BCUT2D eigenvalue weighted by Gasteiger charge is -2.36. The molecule has 0 spiro atoms. The summed E-state index contributed by atoms with van der Waals surface area (Å²) in [4.78, 5) is -0.628. The van der Waals surface area contributed by atoms with E-state index in [9.17, 15) is 20.7 Å². The number of hydrogen-bond donors (Lipinski definition) is 0. The molecule has 0 radical (unpaired) electrons. The van der Waals surface area contributed by atoms with Crippen molar-refractivity contribution in [2.24, 2.45) is 0 Å². The van der Waals surface area contributed by atoms with Crippen molar-refractivity contribution in [1.82, 2.24) is 4.31 Å². The Bertz CT molecular complexity index is 730. The smallest absolute Gasteiger partial charge is 0.332 e. The van der Waals surface area contributed by atoms with Crippen LogP contribution in [-0.2, 0) is 25.0 Å². The van der Waals surface area contributed by atoms with Crippen molar-refractivity contribution in [1.29, 1.82) is 0 Å². The maximum Gasteiger partial charge on any atom is 0.332 e. The summed E-state index contributed by atoms with van der Waals surface area (Å²) in [5, 5.41) is 0. The second-order valence-corrected chi connectivity index (χ2v) is 8.51. The Labute approximate surface area is 130 Å². The van der Waals surface area contributed by atoms with Crippen molar-refractivity contribution in [3.63, 3.8) is 0 Å². The molecule has 6 nitrogen and oxygen atoms in total. The van der Waals surface area contributed by atoms with Crippen LogP contribution in [0.15, 0.2) is 34.1 Å². The van der Waals surface area contributed by atoms with Crippen LogP contribution in [0.1, 0.15) is 19.8 Å². The predicted octanol–water partition coefficient (Wildman–Crippen LogP) is 1.53. The third-order valence-corrected chi connectivity index (χ3v) is 6.66. The molecule has 9 heteroatoms. The van der Waals surface area contributed by atoms with Gasteiger partial charge in [-0.1, -0.05) is 0 Å². The molecule has 2 atom stereocenters. The summed E-state index contributed by atoms with van der Waals surface area (Å²) in [7, 11) is -7.09. The molecule has 0 amide bonds. The second-order valence-electron chi connectivity index (χ2n) is 5.27. The van der Waals surface area contributed by atoms with Gasteiger partial charge in [0.25, 0.3) is 0 Å². The molecular weight excluding hydrogens is 333 g/mol. The van der Waals surface area contributed by atoms with E-state index in [1.165, 1.54) is 11.4 Å². The number of benzene rings is 1. The SMILES string of the molecule is COC1CCC(C)N(S(=O)(=O)c2ccc(S(=O)(=O)F)cc2)C1. The summed E-state index contributed by atoms with van der Waals surface area (Å²) in [6.45, 7) is 2.05. The molecule has 2 unspecified atom stereocenters. The van der Waals surface area contributed by atoms with Gasteiger partial charge in [-0.05, 0) is 44.0 Å². The molecule has 1 saturated heterocycles. The highest BCUT2D eigenvalue weighted by molar-refractivity contribution is 7.89. The molecule has 1 aliphatic heterocycles. The van der Waals surface area contributed by atoms with Crippen molar-refractivity contribution < 1.29 is 25.5 Å². The molecule has 0 aliphatic carbocycles. The van der Waals surface area contributed by atoms with E-state index in [2.05, 4.69) is 0 Å². The first kappa shape index (κ1) is 17.3. The quantitative estimate of drug-likeness (QED) is 0.769. The Hall–Kier alpha value is -1.03. The minimum Gasteiger partial charge on any atom is -0.380 e. The van der Waals surface area contributed by atoms with E-state index >= 15 is 0 Å². The Morgan fingerprint density at radius 3 is 2.14 bits per heavy atom. The van der Waals surface area contributed by atoms with Gasteiger partial charge in [-0.2, -0.15) is 12.7 Å². The van der Waals surface area contributed by atoms with E-state index in [1.807, 2.05) is 6.92 Å². The topological polar surface area (TPSA) is 80.8 Å². The van der Waals surface area contributed by atoms with E-state index < -0.39 is 25.1 Å². The van der Waals surface area contributed by atoms with Gasteiger partial charge in [-0.15, -0.1) is 3.89 Å². The van der Waals surface area contributed by atoms with Crippen LogP contribution in [0.4, 0.5) is 3.89 Å². The molecule has 124 valence electrons. The molecule has 22 heavy (non-hydrogen) atoms. The van der Waals surface area contributed by atoms with Crippen molar-refractivity contribution >= 4 is 20.2 Å². The van der Waals surface area contributed by atoms with Gasteiger partial charge in [0.1, 0.15) is 0 Å². The number of ether oxygens (including phenoxy) is 1. The zero-order chi connectivity index (χ0) is 16.5. The van der Waals surface area contributed by atoms with Crippen molar-refractivity contribution in [3.8, 4) is 0 Å². The van der Waals surface area contributed by atoms with Gasteiger partial charge in [0.2, 0.25) is 10.0 Å². The van der Waals surface area contributed by atoms with E-state index in [4.69, 9.17) is 4.74 Å². The number of halogens is 1. The molecule has 1 heterocycles. The lowest BCUT2D eigenvalue weighted by molar-refractivity contribution is 0.0421. The molecule has 1 aromatic carbocycles. The highest BCUT2D eigenvalue weighted by Crippen LogP contribution is 2.27. The second kappa shape index (κ2) is 6.23. The number of nitrogens with zero attached hydrogens (tertiary/aromatic N) is 1. The fraction of sp³-hybridized carbons (Fsp3) is 0.538. The third-order valence-electron chi connectivity index (χ3n) is 3.83. The summed E-state index contributed by atoms with van der Waals surface area (Å²) in [6.07, 6.45) is 1.29. The standard InChI is InChI=1S/C13H18FNO5S2/c1-10-3-4-11(20-2)9-15(10)22(18,19)13-7-5-12(6-8-13)21(14,16)17/h5-8,10-11H,3-4,9H2,1-2H3. The average molecular weight is 351 g/mol. The van der Waals surface area contributed by atoms with Crippen LogP contribution in [0.25, 0.3) is 0 Å². The minimum atomic E-state index is -4.84. The Balaban J connectivity index is 2.33. The highest BCUT2D eigenvalue weighted by Gasteiger charge is 2.35. The Kier molecular flexibility index (Phi) is 4.90. The zero-order valence-corrected chi connectivity index (χ0v) is 13.9. The Morgan fingerprint density at radius 2 is 1.64 bits per heavy atom. The van der Waals surface area contributed by atoms with E-state index in [0.717, 1.165) is 30.7 Å². The molecule has 1 aliphatic rings. The lowest BCUT2D eigenvalue weighted by Crippen LogP contribution is -2.47. The molecule has 0 saturated carbocycles. The molecule has 2 rings (SSSR count). The van der Waals surface area contributed by atoms with Gasteiger partial charge >= 0.3 is 10.2 Å². The molecule has 1 fully saturated rings. The van der Waals surface area contributed by atoms with Crippen molar-refractivity contribution in [3.05, 3.63) is 24.3 Å². The normalized spacial score (nSPS) is 24.3. The summed E-state index contributed by atoms with van der Waals surface area (Å²) in [5.41, 5.74) is 0. The summed E-state index contributed by atoms with van der Waals surface area (Å²) >= 11 is 0. The monoisotopic (exact) mass is 351 g/mol. The van der Waals surface area contributed by atoms with E-state index in [1.54, 1.807) is 0 Å².